The topological polar surface area (TPSA) is 54.5 Å². The average Bonchev–Trinajstić information content (AvgIpc) is 3.16. The number of amides is 1. The van der Waals surface area contributed by atoms with Crippen molar-refractivity contribution in [3.05, 3.63) is 54.1 Å². The normalized spacial score (nSPS) is 15.1. The average molecular weight is 382 g/mol. The van der Waals surface area contributed by atoms with Crippen LogP contribution in [0.5, 0.6) is 5.75 Å². The molecule has 140 valence electrons. The summed E-state index contributed by atoms with van der Waals surface area (Å²) in [6, 6.07) is 15.6. The number of thiazole rings is 1. The van der Waals surface area contributed by atoms with Crippen LogP contribution in [0, 0.1) is 5.92 Å². The van der Waals surface area contributed by atoms with Crippen molar-refractivity contribution in [2.75, 3.05) is 31.6 Å². The molecule has 2 heterocycles. The first-order valence-corrected chi connectivity index (χ1v) is 10.1. The molecular formula is C21H23N3O2S. The van der Waals surface area contributed by atoms with Crippen LogP contribution in [0.15, 0.2) is 48.5 Å². The molecule has 0 radical (unpaired) electrons. The molecule has 1 aliphatic heterocycles. The molecule has 2 aromatic carbocycles. The van der Waals surface area contributed by atoms with E-state index in [-0.39, 0.29) is 5.91 Å². The molecule has 1 saturated heterocycles. The summed E-state index contributed by atoms with van der Waals surface area (Å²) in [5, 5.41) is 4.17. The van der Waals surface area contributed by atoms with Crippen LogP contribution < -0.4 is 15.0 Å². The van der Waals surface area contributed by atoms with E-state index in [1.54, 1.807) is 24.5 Å². The summed E-state index contributed by atoms with van der Waals surface area (Å²) in [4.78, 5) is 19.6. The molecule has 27 heavy (non-hydrogen) atoms. The summed E-state index contributed by atoms with van der Waals surface area (Å²) >= 11 is 1.76. The second-order valence-electron chi connectivity index (χ2n) is 6.80. The van der Waals surface area contributed by atoms with Crippen molar-refractivity contribution < 1.29 is 9.53 Å². The molecule has 3 aromatic rings. The van der Waals surface area contributed by atoms with Gasteiger partial charge in [-0.15, -0.1) is 0 Å². The zero-order valence-corrected chi connectivity index (χ0v) is 16.2. The Kier molecular flexibility index (Phi) is 5.25. The summed E-state index contributed by atoms with van der Waals surface area (Å²) in [6.45, 7) is 2.66. The number of anilines is 1. The van der Waals surface area contributed by atoms with E-state index in [0.717, 1.165) is 36.6 Å². The number of methoxy groups -OCH3 is 1. The van der Waals surface area contributed by atoms with Crippen LogP contribution >= 0.6 is 11.3 Å². The van der Waals surface area contributed by atoms with E-state index >= 15 is 0 Å². The third kappa shape index (κ3) is 3.90. The van der Waals surface area contributed by atoms with Gasteiger partial charge in [0, 0.05) is 19.6 Å². The number of carbonyl (C=O) groups excluding carboxylic acids is 1. The van der Waals surface area contributed by atoms with Crippen LogP contribution in [-0.4, -0.2) is 37.6 Å². The molecule has 1 aromatic heterocycles. The van der Waals surface area contributed by atoms with E-state index in [0.29, 0.717) is 23.8 Å². The highest BCUT2D eigenvalue weighted by Gasteiger charge is 2.22. The summed E-state index contributed by atoms with van der Waals surface area (Å²) in [7, 11) is 1.59. The summed E-state index contributed by atoms with van der Waals surface area (Å²) in [5.74, 6) is 1.04. The molecular weight excluding hydrogens is 358 g/mol. The van der Waals surface area contributed by atoms with Crippen molar-refractivity contribution in [2.24, 2.45) is 5.92 Å². The predicted octanol–water partition coefficient (Wildman–Crippen LogP) is 3.95. The van der Waals surface area contributed by atoms with Crippen molar-refractivity contribution in [1.82, 2.24) is 10.3 Å². The largest absolute Gasteiger partial charge is 0.496 e. The number of piperidine rings is 1. The Morgan fingerprint density at radius 1 is 1.19 bits per heavy atom. The fourth-order valence-corrected chi connectivity index (χ4v) is 4.51. The van der Waals surface area contributed by atoms with Crippen LogP contribution in [0.3, 0.4) is 0 Å². The Morgan fingerprint density at radius 3 is 2.70 bits per heavy atom. The Balaban J connectivity index is 1.31. The Hall–Kier alpha value is -2.60. The van der Waals surface area contributed by atoms with E-state index in [1.807, 2.05) is 24.3 Å². The van der Waals surface area contributed by atoms with Crippen LogP contribution in [-0.2, 0) is 0 Å². The van der Waals surface area contributed by atoms with Crippen molar-refractivity contribution >= 4 is 32.6 Å². The molecule has 0 atom stereocenters. The Labute approximate surface area is 163 Å². The number of nitrogens with zero attached hydrogens (tertiary/aromatic N) is 2. The minimum absolute atomic E-state index is 0.0685. The standard InChI is InChI=1S/C21H23N3O2S/c1-26-18-8-4-2-6-16(18)20(25)22-14-15-10-12-24(13-11-15)21-23-17-7-3-5-9-19(17)27-21/h2-9,15H,10-14H2,1H3,(H,22,25). The number of nitrogens with one attached hydrogen (secondary N) is 1. The monoisotopic (exact) mass is 381 g/mol. The molecule has 5 nitrogen and oxygen atoms in total. The first-order chi connectivity index (χ1) is 13.2. The van der Waals surface area contributed by atoms with E-state index in [4.69, 9.17) is 9.72 Å². The number of benzene rings is 2. The third-order valence-electron chi connectivity index (χ3n) is 5.07. The maximum atomic E-state index is 12.4. The summed E-state index contributed by atoms with van der Waals surface area (Å²) in [6.07, 6.45) is 2.12. The highest BCUT2D eigenvalue weighted by Crippen LogP contribution is 2.31. The van der Waals surface area contributed by atoms with Gasteiger partial charge in [-0.1, -0.05) is 35.6 Å². The first kappa shape index (κ1) is 17.8. The van der Waals surface area contributed by atoms with E-state index in [2.05, 4.69) is 28.4 Å². The first-order valence-electron chi connectivity index (χ1n) is 9.26. The van der Waals surface area contributed by atoms with Crippen molar-refractivity contribution in [3.63, 3.8) is 0 Å². The predicted molar refractivity (Wildman–Crippen MR) is 110 cm³/mol. The zero-order valence-electron chi connectivity index (χ0n) is 15.4. The molecule has 1 fully saturated rings. The van der Waals surface area contributed by atoms with Crippen LogP contribution in [0.1, 0.15) is 23.2 Å². The van der Waals surface area contributed by atoms with Gasteiger partial charge in [-0.3, -0.25) is 4.79 Å². The highest BCUT2D eigenvalue weighted by atomic mass is 32.1. The number of para-hydroxylation sites is 2. The van der Waals surface area contributed by atoms with Gasteiger partial charge in [0.25, 0.3) is 5.91 Å². The van der Waals surface area contributed by atoms with Gasteiger partial charge in [0.15, 0.2) is 5.13 Å². The number of rotatable bonds is 5. The molecule has 0 bridgehead atoms. The van der Waals surface area contributed by atoms with Gasteiger partial charge in [-0.2, -0.15) is 0 Å². The lowest BCUT2D eigenvalue weighted by Crippen LogP contribution is -2.38. The maximum Gasteiger partial charge on any atom is 0.255 e. The quantitative estimate of drug-likeness (QED) is 0.727. The number of carbonyl (C=O) groups is 1. The van der Waals surface area contributed by atoms with Crippen molar-refractivity contribution in [3.8, 4) is 5.75 Å². The van der Waals surface area contributed by atoms with E-state index in [1.165, 1.54) is 4.70 Å². The number of ether oxygens (including phenoxy) is 1. The molecule has 4 rings (SSSR count). The van der Waals surface area contributed by atoms with Crippen LogP contribution in [0.2, 0.25) is 0 Å². The van der Waals surface area contributed by atoms with Gasteiger partial charge in [0.05, 0.1) is 22.9 Å². The summed E-state index contributed by atoms with van der Waals surface area (Å²) in [5.41, 5.74) is 1.66. The van der Waals surface area contributed by atoms with E-state index < -0.39 is 0 Å². The van der Waals surface area contributed by atoms with E-state index in [9.17, 15) is 4.79 Å². The van der Waals surface area contributed by atoms with Gasteiger partial charge >= 0.3 is 0 Å². The fraction of sp³-hybridized carbons (Fsp3) is 0.333. The summed E-state index contributed by atoms with van der Waals surface area (Å²) < 4.78 is 6.51. The third-order valence-corrected chi connectivity index (χ3v) is 6.17. The molecule has 1 N–H and O–H groups in total. The molecule has 6 heteroatoms. The lowest BCUT2D eigenvalue weighted by atomic mass is 9.97. The van der Waals surface area contributed by atoms with Crippen molar-refractivity contribution in [1.29, 1.82) is 0 Å². The van der Waals surface area contributed by atoms with Gasteiger partial charge in [0.1, 0.15) is 5.75 Å². The second kappa shape index (κ2) is 7.96. The zero-order chi connectivity index (χ0) is 18.6. The number of hydrogen-bond acceptors (Lipinski definition) is 5. The smallest absolute Gasteiger partial charge is 0.255 e. The van der Waals surface area contributed by atoms with Gasteiger partial charge in [-0.05, 0) is 43.0 Å². The van der Waals surface area contributed by atoms with Crippen LogP contribution in [0.4, 0.5) is 5.13 Å². The molecule has 0 saturated carbocycles. The number of aromatic nitrogens is 1. The lowest BCUT2D eigenvalue weighted by Gasteiger charge is -2.31. The van der Waals surface area contributed by atoms with Gasteiger partial charge in [0.2, 0.25) is 0 Å². The maximum absolute atomic E-state index is 12.4. The minimum Gasteiger partial charge on any atom is -0.496 e. The SMILES string of the molecule is COc1ccccc1C(=O)NCC1CCN(c2nc3ccccc3s2)CC1. The molecule has 0 spiro atoms. The fourth-order valence-electron chi connectivity index (χ4n) is 3.49. The lowest BCUT2D eigenvalue weighted by molar-refractivity contribution is 0.0942. The van der Waals surface area contributed by atoms with Gasteiger partial charge < -0.3 is 15.0 Å². The minimum atomic E-state index is -0.0685. The molecule has 0 aliphatic carbocycles. The molecule has 1 amide bonds. The Morgan fingerprint density at radius 2 is 1.93 bits per heavy atom. The van der Waals surface area contributed by atoms with Gasteiger partial charge in [-0.25, -0.2) is 4.98 Å². The highest BCUT2D eigenvalue weighted by molar-refractivity contribution is 7.22. The number of hydrogen-bond donors (Lipinski definition) is 1. The van der Waals surface area contributed by atoms with Crippen LogP contribution in [0.25, 0.3) is 10.2 Å². The van der Waals surface area contributed by atoms with Crippen molar-refractivity contribution in [2.45, 2.75) is 12.8 Å². The number of fused-ring (bicyclic) bond motifs is 1. The Bertz CT molecular complexity index is 899. The molecule has 0 unspecified atom stereocenters. The molecule has 1 aliphatic rings. The second-order valence-corrected chi connectivity index (χ2v) is 7.81.